The van der Waals surface area contributed by atoms with Gasteiger partial charge in [-0.2, -0.15) is 0 Å². The van der Waals surface area contributed by atoms with Gasteiger partial charge in [-0.15, -0.1) is 0 Å². The Morgan fingerprint density at radius 1 is 0.846 bits per heavy atom. The molecule has 4 aliphatic rings. The molecule has 14 heteroatoms. The van der Waals surface area contributed by atoms with Crippen LogP contribution in [-0.4, -0.2) is 132 Å². The molecule has 14 nitrogen and oxygen atoms in total. The van der Waals surface area contributed by atoms with Crippen molar-refractivity contribution in [2.45, 2.75) is 180 Å². The number of cyclic esters (lactones) is 1. The van der Waals surface area contributed by atoms with Gasteiger partial charge in [0.25, 0.3) is 11.7 Å². The monoisotopic (exact) mass is 914 g/mol. The van der Waals surface area contributed by atoms with Crippen LogP contribution < -0.4 is 0 Å². The molecule has 0 aromatic heterocycles. The molecule has 2 bridgehead atoms. The number of hydrogen-bond donors (Lipinski definition) is 3. The highest BCUT2D eigenvalue weighted by atomic mass is 16.6. The molecule has 1 amide bonds. The minimum atomic E-state index is -2.43. The van der Waals surface area contributed by atoms with E-state index in [1.807, 2.05) is 58.1 Å². The third-order valence-corrected chi connectivity index (χ3v) is 14.5. The first kappa shape index (κ1) is 54.2. The fourth-order valence-electron chi connectivity index (χ4n) is 10.1. The number of aliphatic hydroxyl groups excluding tert-OH is 2. The zero-order valence-corrected chi connectivity index (χ0v) is 40.6. The van der Waals surface area contributed by atoms with Crippen molar-refractivity contribution in [2.24, 2.45) is 35.5 Å². The summed E-state index contributed by atoms with van der Waals surface area (Å²) in [5, 5.41) is 33.8. The summed E-state index contributed by atoms with van der Waals surface area (Å²) in [6.45, 7) is 12.7. The highest BCUT2D eigenvalue weighted by Gasteiger charge is 2.53. The molecule has 1 aliphatic carbocycles. The SMILES string of the molecule is CO[C@H]1C[C@@H]2CC[C@@H](C)[C@@](O)(O2)C(=O)C(=O)N2CCCC[C@H]2C(=O)O[C@H]([C@H](C)C[C@@H]2CC[C@@H](O)[C@H](OC)C2)CC(=O)[C@H](C)/C=C(\C)[C@@H](O)[C@@H](OC)C(=O)[C@H](C)C[C@H](C)C=C/C=C/C=C\1C. The number of hydrogen-bond acceptors (Lipinski definition) is 13. The molecule has 3 fully saturated rings. The summed E-state index contributed by atoms with van der Waals surface area (Å²) in [5.74, 6) is -7.96. The summed E-state index contributed by atoms with van der Waals surface area (Å²) in [6.07, 6.45) is 11.2. The molecule has 3 aliphatic heterocycles. The molecule has 65 heavy (non-hydrogen) atoms. The standard InChI is InChI=1S/C51H79NO13/c1-30-16-12-11-13-17-31(2)42(61-8)28-38-21-19-36(7)51(60,65-38)48(57)49(58)52-23-15-14-18-39(52)50(59)64-43(33(4)26-37-20-22-40(53)44(27-37)62-9)29-41(54)32(3)25-35(6)46(56)47(63-10)45(55)34(5)24-30/h11-13,16-17,25,30,32-34,36-40,42-44,46-47,53,56,60H,14-15,18-24,26-29H2,1-10H3/b13-11+,16-12?,31-17-,35-25+/t30-,32-,33-,34-,36-,37+,38+,39+,40-,42+,43+,44-,46-,47+,51-/m1/s1. The highest BCUT2D eigenvalue weighted by molar-refractivity contribution is 6.39. The number of ether oxygens (including phenoxy) is 5. The molecular formula is C51H79NO13. The van der Waals surface area contributed by atoms with Crippen LogP contribution in [0.3, 0.4) is 0 Å². The number of fused-ring (bicyclic) bond motifs is 3. The van der Waals surface area contributed by atoms with Crippen LogP contribution in [0.1, 0.15) is 126 Å². The molecule has 15 atom stereocenters. The van der Waals surface area contributed by atoms with Gasteiger partial charge in [-0.05, 0) is 107 Å². The van der Waals surface area contributed by atoms with E-state index in [0.717, 1.165) is 12.0 Å². The molecule has 0 unspecified atom stereocenters. The van der Waals surface area contributed by atoms with Crippen molar-refractivity contribution < 1.29 is 63.0 Å². The molecule has 3 heterocycles. The van der Waals surface area contributed by atoms with E-state index < -0.39 is 83.9 Å². The van der Waals surface area contributed by atoms with Crippen LogP contribution in [0.5, 0.6) is 0 Å². The van der Waals surface area contributed by atoms with E-state index in [2.05, 4.69) is 0 Å². The number of rotatable bonds is 6. The third-order valence-electron chi connectivity index (χ3n) is 14.5. The summed E-state index contributed by atoms with van der Waals surface area (Å²) in [7, 11) is 4.52. The molecule has 0 aromatic rings. The quantitative estimate of drug-likeness (QED) is 0.156. The summed E-state index contributed by atoms with van der Waals surface area (Å²) < 4.78 is 29.4. The number of carbonyl (C=O) groups is 5. The molecule has 366 valence electrons. The summed E-state index contributed by atoms with van der Waals surface area (Å²) in [5.41, 5.74) is 1.27. The Kier molecular flexibility index (Phi) is 21.0. The number of carbonyl (C=O) groups excluding carboxylic acids is 5. The molecule has 2 saturated heterocycles. The number of ketones is 3. The number of aliphatic hydroxyl groups is 3. The van der Waals surface area contributed by atoms with Gasteiger partial charge in [-0.25, -0.2) is 4.79 Å². The van der Waals surface area contributed by atoms with E-state index in [1.165, 1.54) is 12.0 Å². The first-order valence-electron chi connectivity index (χ1n) is 23.9. The zero-order chi connectivity index (χ0) is 48.2. The normalized spacial score (nSPS) is 39.9. The first-order valence-corrected chi connectivity index (χ1v) is 23.9. The lowest BCUT2D eigenvalue weighted by Crippen LogP contribution is -2.61. The number of methoxy groups -OCH3 is 3. The van der Waals surface area contributed by atoms with Crippen molar-refractivity contribution in [3.8, 4) is 0 Å². The molecular weight excluding hydrogens is 835 g/mol. The summed E-state index contributed by atoms with van der Waals surface area (Å²) in [4.78, 5) is 71.8. The molecule has 4 rings (SSSR count). The van der Waals surface area contributed by atoms with Crippen LogP contribution >= 0.6 is 0 Å². The van der Waals surface area contributed by atoms with Gasteiger partial charge in [0.15, 0.2) is 5.78 Å². The van der Waals surface area contributed by atoms with Crippen LogP contribution in [0.2, 0.25) is 0 Å². The van der Waals surface area contributed by atoms with E-state index in [-0.39, 0.29) is 54.8 Å². The molecule has 1 saturated carbocycles. The van der Waals surface area contributed by atoms with Crippen molar-refractivity contribution in [1.82, 2.24) is 4.90 Å². The highest BCUT2D eigenvalue weighted by Crippen LogP contribution is 2.38. The molecule has 0 spiro atoms. The minimum Gasteiger partial charge on any atom is -0.460 e. The predicted molar refractivity (Wildman–Crippen MR) is 245 cm³/mol. The lowest BCUT2D eigenvalue weighted by Gasteiger charge is -2.42. The largest absolute Gasteiger partial charge is 0.460 e. The lowest BCUT2D eigenvalue weighted by molar-refractivity contribution is -0.265. The Morgan fingerprint density at radius 2 is 1.57 bits per heavy atom. The van der Waals surface area contributed by atoms with Gasteiger partial charge in [-0.1, -0.05) is 71.1 Å². The van der Waals surface area contributed by atoms with E-state index >= 15 is 0 Å². The van der Waals surface area contributed by atoms with Gasteiger partial charge >= 0.3 is 5.97 Å². The van der Waals surface area contributed by atoms with Gasteiger partial charge in [0.05, 0.1) is 24.4 Å². The number of Topliss-reactive ketones (excluding diaryl/α,β-unsaturated/α-hetero) is 3. The number of amides is 1. The Bertz CT molecular complexity index is 1760. The fraction of sp³-hybridized carbons (Fsp3) is 0.745. The fourth-order valence-corrected chi connectivity index (χ4v) is 10.1. The number of piperidine rings is 1. The van der Waals surface area contributed by atoms with Crippen LogP contribution in [0.4, 0.5) is 0 Å². The van der Waals surface area contributed by atoms with Crippen molar-refractivity contribution in [3.63, 3.8) is 0 Å². The van der Waals surface area contributed by atoms with Crippen molar-refractivity contribution in [1.29, 1.82) is 0 Å². The Labute approximate surface area is 387 Å². The second-order valence-corrected chi connectivity index (χ2v) is 19.6. The lowest BCUT2D eigenvalue weighted by atomic mass is 9.78. The first-order chi connectivity index (χ1) is 30.7. The van der Waals surface area contributed by atoms with E-state index in [1.54, 1.807) is 41.1 Å². The second kappa shape index (κ2) is 25.1. The van der Waals surface area contributed by atoms with E-state index in [4.69, 9.17) is 23.7 Å². The Balaban J connectivity index is 1.70. The van der Waals surface area contributed by atoms with Crippen LogP contribution in [-0.2, 0) is 47.7 Å². The maximum atomic E-state index is 14.4. The second-order valence-electron chi connectivity index (χ2n) is 19.6. The van der Waals surface area contributed by atoms with Gasteiger partial charge < -0.3 is 43.9 Å². The van der Waals surface area contributed by atoms with Gasteiger partial charge in [-0.3, -0.25) is 19.2 Å². The average molecular weight is 914 g/mol. The predicted octanol–water partition coefficient (Wildman–Crippen LogP) is 6.18. The van der Waals surface area contributed by atoms with Crippen molar-refractivity contribution in [2.75, 3.05) is 27.9 Å². The summed E-state index contributed by atoms with van der Waals surface area (Å²) >= 11 is 0. The van der Waals surface area contributed by atoms with Gasteiger partial charge in [0, 0.05) is 58.5 Å². The zero-order valence-electron chi connectivity index (χ0n) is 40.6. The van der Waals surface area contributed by atoms with Crippen LogP contribution in [0.15, 0.2) is 47.6 Å². The van der Waals surface area contributed by atoms with Crippen molar-refractivity contribution in [3.05, 3.63) is 47.6 Å². The molecule has 0 radical (unpaired) electrons. The van der Waals surface area contributed by atoms with Gasteiger partial charge in [0.2, 0.25) is 5.79 Å². The maximum Gasteiger partial charge on any atom is 0.329 e. The van der Waals surface area contributed by atoms with Crippen LogP contribution in [0.25, 0.3) is 0 Å². The smallest absolute Gasteiger partial charge is 0.329 e. The summed E-state index contributed by atoms with van der Waals surface area (Å²) in [6, 6.07) is -1.14. The van der Waals surface area contributed by atoms with E-state index in [9.17, 15) is 39.3 Å². The van der Waals surface area contributed by atoms with E-state index in [0.29, 0.717) is 63.4 Å². The van der Waals surface area contributed by atoms with Gasteiger partial charge in [0.1, 0.15) is 30.1 Å². The Hall–Kier alpha value is -3.37. The molecule has 0 aromatic carbocycles. The number of nitrogens with zero attached hydrogens (tertiary/aromatic N) is 1. The minimum absolute atomic E-state index is 0.0193. The Morgan fingerprint density at radius 3 is 2.25 bits per heavy atom. The topological polar surface area (TPSA) is 195 Å². The van der Waals surface area contributed by atoms with Crippen LogP contribution in [0, 0.1) is 35.5 Å². The number of esters is 1. The van der Waals surface area contributed by atoms with Crippen molar-refractivity contribution >= 4 is 29.2 Å². The average Bonchev–Trinajstić information content (AvgIpc) is 3.28. The maximum absolute atomic E-state index is 14.4. The number of allylic oxidation sites excluding steroid dienone is 6. The third kappa shape index (κ3) is 14.3. The molecule has 3 N–H and O–H groups in total.